The summed E-state index contributed by atoms with van der Waals surface area (Å²) in [4.78, 5) is 15.1. The van der Waals surface area contributed by atoms with Gasteiger partial charge in [0.15, 0.2) is 6.39 Å². The fourth-order valence-corrected chi connectivity index (χ4v) is 1.39. The van der Waals surface area contributed by atoms with Crippen molar-refractivity contribution >= 4 is 11.7 Å². The van der Waals surface area contributed by atoms with Gasteiger partial charge in [0.25, 0.3) is 0 Å². The highest BCUT2D eigenvalue weighted by atomic mass is 16.5. The quantitative estimate of drug-likeness (QED) is 0.817. The van der Waals surface area contributed by atoms with Crippen molar-refractivity contribution in [3.63, 3.8) is 0 Å². The van der Waals surface area contributed by atoms with Crippen molar-refractivity contribution in [2.24, 2.45) is 0 Å². The molecule has 0 aliphatic rings. The maximum Gasteiger partial charge on any atom is 0.337 e. The molecular weight excluding hydrogens is 220 g/mol. The molecular formula is C12H12N2O3. The average Bonchev–Trinajstić information content (AvgIpc) is 2.89. The fraction of sp³-hybridized carbons (Fsp3) is 0.167. The summed E-state index contributed by atoms with van der Waals surface area (Å²) in [6.07, 6.45) is 3.01. The third-order valence-corrected chi connectivity index (χ3v) is 2.23. The van der Waals surface area contributed by atoms with E-state index in [4.69, 9.17) is 4.42 Å². The number of carbonyl (C=O) groups excluding carboxylic acids is 1. The Kier molecular flexibility index (Phi) is 3.40. The van der Waals surface area contributed by atoms with Crippen molar-refractivity contribution in [1.29, 1.82) is 0 Å². The van der Waals surface area contributed by atoms with Gasteiger partial charge in [-0.25, -0.2) is 9.78 Å². The number of oxazole rings is 1. The number of methoxy groups -OCH3 is 1. The van der Waals surface area contributed by atoms with Crippen molar-refractivity contribution in [3.8, 4) is 0 Å². The van der Waals surface area contributed by atoms with E-state index in [9.17, 15) is 4.79 Å². The molecule has 5 nitrogen and oxygen atoms in total. The summed E-state index contributed by atoms with van der Waals surface area (Å²) < 4.78 is 9.74. The molecule has 0 bridgehead atoms. The number of anilines is 1. The van der Waals surface area contributed by atoms with Crippen LogP contribution in [0, 0.1) is 0 Å². The zero-order valence-electron chi connectivity index (χ0n) is 9.34. The highest BCUT2D eigenvalue weighted by molar-refractivity contribution is 5.90. The lowest BCUT2D eigenvalue weighted by Gasteiger charge is -2.05. The van der Waals surface area contributed by atoms with Crippen LogP contribution in [-0.4, -0.2) is 18.1 Å². The van der Waals surface area contributed by atoms with Gasteiger partial charge in [-0.15, -0.1) is 0 Å². The molecule has 88 valence electrons. The summed E-state index contributed by atoms with van der Waals surface area (Å²) in [5, 5.41) is 3.12. The van der Waals surface area contributed by atoms with E-state index < -0.39 is 0 Å². The summed E-state index contributed by atoms with van der Waals surface area (Å²) >= 11 is 0. The van der Waals surface area contributed by atoms with Crippen molar-refractivity contribution < 1.29 is 13.9 Å². The summed E-state index contributed by atoms with van der Waals surface area (Å²) in [6.45, 7) is 0.518. The Bertz CT molecular complexity index is 494. The molecule has 0 saturated heterocycles. The molecule has 0 unspecified atom stereocenters. The molecule has 1 N–H and O–H groups in total. The minimum atomic E-state index is -0.353. The molecule has 0 spiro atoms. The number of hydrogen-bond acceptors (Lipinski definition) is 5. The van der Waals surface area contributed by atoms with Crippen LogP contribution in [0.25, 0.3) is 0 Å². The van der Waals surface area contributed by atoms with Gasteiger partial charge in [-0.1, -0.05) is 6.07 Å². The number of hydrogen-bond donors (Lipinski definition) is 1. The molecule has 0 fully saturated rings. The van der Waals surface area contributed by atoms with Crippen molar-refractivity contribution in [2.45, 2.75) is 6.54 Å². The molecule has 2 rings (SSSR count). The third kappa shape index (κ3) is 2.84. The molecule has 0 saturated carbocycles. The van der Waals surface area contributed by atoms with Crippen LogP contribution in [-0.2, 0) is 11.3 Å². The summed E-state index contributed by atoms with van der Waals surface area (Å²) in [6, 6.07) is 7.07. The van der Waals surface area contributed by atoms with E-state index in [0.29, 0.717) is 12.1 Å². The largest absolute Gasteiger partial charge is 0.465 e. The third-order valence-electron chi connectivity index (χ3n) is 2.23. The Morgan fingerprint density at radius 3 is 3.12 bits per heavy atom. The highest BCUT2D eigenvalue weighted by Gasteiger charge is 2.05. The Hall–Kier alpha value is -2.30. The molecule has 1 heterocycles. The number of benzene rings is 1. The number of carbonyl (C=O) groups is 1. The lowest BCUT2D eigenvalue weighted by Crippen LogP contribution is -2.03. The molecule has 17 heavy (non-hydrogen) atoms. The second kappa shape index (κ2) is 5.16. The van der Waals surface area contributed by atoms with E-state index in [-0.39, 0.29) is 5.97 Å². The van der Waals surface area contributed by atoms with Crippen LogP contribution in [0.15, 0.2) is 41.3 Å². The van der Waals surface area contributed by atoms with E-state index in [1.807, 2.05) is 6.07 Å². The average molecular weight is 232 g/mol. The SMILES string of the molecule is COC(=O)c1cccc(NCc2cnco2)c1. The number of nitrogens with one attached hydrogen (secondary N) is 1. The molecule has 2 aromatic rings. The topological polar surface area (TPSA) is 64.4 Å². The lowest BCUT2D eigenvalue weighted by molar-refractivity contribution is 0.0601. The first kappa shape index (κ1) is 11.2. The first-order chi connectivity index (χ1) is 8.29. The van der Waals surface area contributed by atoms with Gasteiger partial charge >= 0.3 is 5.97 Å². The van der Waals surface area contributed by atoms with Gasteiger partial charge in [0.2, 0.25) is 0 Å². The normalized spacial score (nSPS) is 9.94. The van der Waals surface area contributed by atoms with Crippen LogP contribution in [0.1, 0.15) is 16.1 Å². The first-order valence-electron chi connectivity index (χ1n) is 5.09. The lowest BCUT2D eigenvalue weighted by atomic mass is 10.2. The van der Waals surface area contributed by atoms with Crippen LogP contribution >= 0.6 is 0 Å². The first-order valence-corrected chi connectivity index (χ1v) is 5.09. The van der Waals surface area contributed by atoms with Gasteiger partial charge in [-0.05, 0) is 18.2 Å². The summed E-state index contributed by atoms with van der Waals surface area (Å²) in [5.41, 5.74) is 1.33. The minimum absolute atomic E-state index is 0.353. The monoisotopic (exact) mass is 232 g/mol. The van der Waals surface area contributed by atoms with Crippen LogP contribution in [0.5, 0.6) is 0 Å². The number of nitrogens with zero attached hydrogens (tertiary/aromatic N) is 1. The second-order valence-corrected chi connectivity index (χ2v) is 3.39. The van der Waals surface area contributed by atoms with Crippen LogP contribution in [0.2, 0.25) is 0 Å². The highest BCUT2D eigenvalue weighted by Crippen LogP contribution is 2.12. The van der Waals surface area contributed by atoms with Gasteiger partial charge < -0.3 is 14.5 Å². The molecule has 0 aliphatic heterocycles. The zero-order chi connectivity index (χ0) is 12.1. The molecule has 0 radical (unpaired) electrons. The molecule has 0 amide bonds. The Balaban J connectivity index is 2.03. The van der Waals surface area contributed by atoms with Crippen LogP contribution in [0.4, 0.5) is 5.69 Å². The van der Waals surface area contributed by atoms with Crippen LogP contribution < -0.4 is 5.32 Å². The maximum atomic E-state index is 11.3. The number of aromatic nitrogens is 1. The maximum absolute atomic E-state index is 11.3. The van der Waals surface area contributed by atoms with Crippen molar-refractivity contribution in [2.75, 3.05) is 12.4 Å². The van der Waals surface area contributed by atoms with Crippen LogP contribution in [0.3, 0.4) is 0 Å². The van der Waals surface area contributed by atoms with E-state index in [1.165, 1.54) is 13.5 Å². The predicted molar refractivity (Wildman–Crippen MR) is 61.6 cm³/mol. The van der Waals surface area contributed by atoms with Gasteiger partial charge in [-0.3, -0.25) is 0 Å². The number of rotatable bonds is 4. The molecule has 5 heteroatoms. The fourth-order valence-electron chi connectivity index (χ4n) is 1.39. The molecule has 0 aliphatic carbocycles. The zero-order valence-corrected chi connectivity index (χ0v) is 9.34. The Morgan fingerprint density at radius 1 is 1.53 bits per heavy atom. The number of ether oxygens (including phenoxy) is 1. The molecule has 1 aromatic carbocycles. The molecule has 0 atom stereocenters. The van der Waals surface area contributed by atoms with Gasteiger partial charge in [0.05, 0.1) is 25.4 Å². The van der Waals surface area contributed by atoms with E-state index in [2.05, 4.69) is 15.0 Å². The van der Waals surface area contributed by atoms with E-state index >= 15 is 0 Å². The second-order valence-electron chi connectivity index (χ2n) is 3.39. The number of esters is 1. The van der Waals surface area contributed by atoms with E-state index in [0.717, 1.165) is 11.4 Å². The predicted octanol–water partition coefficient (Wildman–Crippen LogP) is 2.07. The minimum Gasteiger partial charge on any atom is -0.465 e. The van der Waals surface area contributed by atoms with Crippen molar-refractivity contribution in [3.05, 3.63) is 48.2 Å². The van der Waals surface area contributed by atoms with E-state index in [1.54, 1.807) is 24.4 Å². The summed E-state index contributed by atoms with van der Waals surface area (Å²) in [5.74, 6) is 0.377. The van der Waals surface area contributed by atoms with Gasteiger partial charge in [-0.2, -0.15) is 0 Å². The summed E-state index contributed by atoms with van der Waals surface area (Å²) in [7, 11) is 1.36. The smallest absolute Gasteiger partial charge is 0.337 e. The molecule has 1 aromatic heterocycles. The van der Waals surface area contributed by atoms with Gasteiger partial charge in [0.1, 0.15) is 5.76 Å². The Labute approximate surface area is 98.4 Å². The Morgan fingerprint density at radius 2 is 2.41 bits per heavy atom. The van der Waals surface area contributed by atoms with Crippen molar-refractivity contribution in [1.82, 2.24) is 4.98 Å². The van der Waals surface area contributed by atoms with Gasteiger partial charge in [0, 0.05) is 5.69 Å². The standard InChI is InChI=1S/C12H12N2O3/c1-16-12(15)9-3-2-4-10(5-9)14-7-11-6-13-8-17-11/h2-6,8,14H,7H2,1H3.